The molecule has 3 aliphatic rings. The van der Waals surface area contributed by atoms with Gasteiger partial charge in [-0.3, -0.25) is 0 Å². The van der Waals surface area contributed by atoms with E-state index in [-0.39, 0.29) is 5.60 Å². The number of hydrogen-bond acceptors (Lipinski definition) is 2. The lowest BCUT2D eigenvalue weighted by molar-refractivity contribution is -0.137. The Hall–Kier alpha value is -0.370. The highest BCUT2D eigenvalue weighted by atomic mass is 16.5. The molecule has 0 aromatic heterocycles. The molecule has 1 saturated heterocycles. The topological polar surface area (TPSA) is 26.3 Å². The van der Waals surface area contributed by atoms with Crippen LogP contribution in [0.1, 0.15) is 51.4 Å². The molecule has 15 heavy (non-hydrogen) atoms. The third-order valence-corrected chi connectivity index (χ3v) is 4.80. The first-order valence-electron chi connectivity index (χ1n) is 6.50. The average molecular weight is 208 g/mol. The van der Waals surface area contributed by atoms with Crippen LogP contribution in [0.25, 0.3) is 0 Å². The van der Waals surface area contributed by atoms with Crippen LogP contribution >= 0.6 is 0 Å². The molecule has 0 bridgehead atoms. The summed E-state index contributed by atoms with van der Waals surface area (Å²) in [6, 6.07) is 0. The fraction of sp³-hybridized carbons (Fsp3) is 0.923. The molecule has 84 valence electrons. The first kappa shape index (κ1) is 9.83. The van der Waals surface area contributed by atoms with E-state index >= 15 is 0 Å². The van der Waals surface area contributed by atoms with Crippen molar-refractivity contribution in [2.45, 2.75) is 63.1 Å². The SMILES string of the molecule is O=CC12CCCCC1C1CCCCC1O2. The minimum Gasteiger partial charge on any atom is -0.364 e. The van der Waals surface area contributed by atoms with Gasteiger partial charge in [0.05, 0.1) is 6.10 Å². The van der Waals surface area contributed by atoms with Crippen LogP contribution in [0.5, 0.6) is 0 Å². The first-order valence-corrected chi connectivity index (χ1v) is 6.50. The third-order valence-electron chi connectivity index (χ3n) is 4.80. The molecule has 2 aliphatic carbocycles. The molecule has 2 nitrogen and oxygen atoms in total. The van der Waals surface area contributed by atoms with Crippen molar-refractivity contribution in [1.82, 2.24) is 0 Å². The van der Waals surface area contributed by atoms with Gasteiger partial charge in [-0.2, -0.15) is 0 Å². The van der Waals surface area contributed by atoms with Crippen molar-refractivity contribution < 1.29 is 9.53 Å². The van der Waals surface area contributed by atoms with E-state index in [0.717, 1.165) is 12.7 Å². The summed E-state index contributed by atoms with van der Waals surface area (Å²) in [5.74, 6) is 1.25. The molecule has 4 unspecified atom stereocenters. The zero-order valence-corrected chi connectivity index (χ0v) is 9.28. The van der Waals surface area contributed by atoms with Gasteiger partial charge >= 0.3 is 0 Å². The predicted octanol–water partition coefficient (Wildman–Crippen LogP) is 2.70. The summed E-state index contributed by atoms with van der Waals surface area (Å²) in [6.45, 7) is 0. The van der Waals surface area contributed by atoms with Gasteiger partial charge in [-0.1, -0.05) is 25.7 Å². The first-order chi connectivity index (χ1) is 7.36. The van der Waals surface area contributed by atoms with Crippen LogP contribution in [0.3, 0.4) is 0 Å². The minimum atomic E-state index is -0.363. The highest BCUT2D eigenvalue weighted by Crippen LogP contribution is 2.52. The molecule has 3 fully saturated rings. The molecule has 0 aromatic carbocycles. The Morgan fingerprint density at radius 1 is 1.07 bits per heavy atom. The number of ether oxygens (including phenoxy) is 1. The van der Waals surface area contributed by atoms with Gasteiger partial charge < -0.3 is 9.53 Å². The van der Waals surface area contributed by atoms with Crippen molar-refractivity contribution in [2.24, 2.45) is 11.8 Å². The van der Waals surface area contributed by atoms with Gasteiger partial charge in [0.1, 0.15) is 5.60 Å². The van der Waals surface area contributed by atoms with Crippen molar-refractivity contribution in [2.75, 3.05) is 0 Å². The van der Waals surface area contributed by atoms with E-state index in [1.54, 1.807) is 0 Å². The van der Waals surface area contributed by atoms with Crippen molar-refractivity contribution >= 4 is 6.29 Å². The standard InChI is InChI=1S/C13H20O2/c14-9-13-8-4-3-6-11(13)10-5-1-2-7-12(10)15-13/h9-12H,1-8H2. The molecule has 0 aromatic rings. The monoisotopic (exact) mass is 208 g/mol. The predicted molar refractivity (Wildman–Crippen MR) is 57.6 cm³/mol. The molecular formula is C13H20O2. The molecule has 0 radical (unpaired) electrons. The van der Waals surface area contributed by atoms with Crippen LogP contribution in [-0.4, -0.2) is 18.0 Å². The fourth-order valence-electron chi connectivity index (χ4n) is 4.11. The smallest absolute Gasteiger partial charge is 0.152 e. The summed E-state index contributed by atoms with van der Waals surface area (Å²) >= 11 is 0. The van der Waals surface area contributed by atoms with Gasteiger partial charge in [-0.25, -0.2) is 0 Å². The Bertz CT molecular complexity index is 263. The zero-order chi connectivity index (χ0) is 10.3. The maximum Gasteiger partial charge on any atom is 0.152 e. The Kier molecular flexibility index (Phi) is 2.35. The number of carbonyl (C=O) groups is 1. The number of fused-ring (bicyclic) bond motifs is 3. The van der Waals surface area contributed by atoms with Crippen molar-refractivity contribution in [1.29, 1.82) is 0 Å². The third kappa shape index (κ3) is 1.37. The lowest BCUT2D eigenvalue weighted by atomic mass is 9.68. The number of aldehydes is 1. The lowest BCUT2D eigenvalue weighted by Gasteiger charge is -2.35. The second kappa shape index (κ2) is 3.58. The van der Waals surface area contributed by atoms with Gasteiger partial charge in [0.15, 0.2) is 6.29 Å². The van der Waals surface area contributed by atoms with E-state index in [0.29, 0.717) is 17.9 Å². The lowest BCUT2D eigenvalue weighted by Crippen LogP contribution is -2.41. The van der Waals surface area contributed by atoms with Crippen molar-refractivity contribution in [3.63, 3.8) is 0 Å². The van der Waals surface area contributed by atoms with E-state index in [4.69, 9.17) is 4.74 Å². The van der Waals surface area contributed by atoms with Crippen LogP contribution in [0.2, 0.25) is 0 Å². The average Bonchev–Trinajstić information content (AvgIpc) is 2.64. The zero-order valence-electron chi connectivity index (χ0n) is 9.28. The van der Waals surface area contributed by atoms with Crippen LogP contribution in [0, 0.1) is 11.8 Å². The molecule has 1 aliphatic heterocycles. The van der Waals surface area contributed by atoms with E-state index in [1.165, 1.54) is 44.9 Å². The highest BCUT2D eigenvalue weighted by Gasteiger charge is 2.55. The van der Waals surface area contributed by atoms with Gasteiger partial charge in [-0.15, -0.1) is 0 Å². The second-order valence-corrected chi connectivity index (χ2v) is 5.53. The summed E-state index contributed by atoms with van der Waals surface area (Å²) < 4.78 is 6.14. The Morgan fingerprint density at radius 3 is 2.73 bits per heavy atom. The van der Waals surface area contributed by atoms with Crippen molar-refractivity contribution in [3.8, 4) is 0 Å². The molecule has 1 heterocycles. The summed E-state index contributed by atoms with van der Waals surface area (Å²) in [4.78, 5) is 11.4. The summed E-state index contributed by atoms with van der Waals surface area (Å²) in [5.41, 5.74) is -0.363. The quantitative estimate of drug-likeness (QED) is 0.619. The maximum atomic E-state index is 11.4. The molecule has 2 saturated carbocycles. The highest BCUT2D eigenvalue weighted by molar-refractivity contribution is 5.64. The van der Waals surface area contributed by atoms with Crippen LogP contribution in [0.4, 0.5) is 0 Å². The van der Waals surface area contributed by atoms with Gasteiger partial charge in [0, 0.05) is 5.92 Å². The van der Waals surface area contributed by atoms with Gasteiger partial charge in [-0.05, 0) is 31.6 Å². The second-order valence-electron chi connectivity index (χ2n) is 5.53. The fourth-order valence-corrected chi connectivity index (χ4v) is 4.11. The Balaban J connectivity index is 1.89. The van der Waals surface area contributed by atoms with Crippen LogP contribution in [-0.2, 0) is 9.53 Å². The molecule has 0 amide bonds. The largest absolute Gasteiger partial charge is 0.364 e. The van der Waals surface area contributed by atoms with Crippen LogP contribution in [0.15, 0.2) is 0 Å². The van der Waals surface area contributed by atoms with Crippen LogP contribution < -0.4 is 0 Å². The molecule has 0 N–H and O–H groups in total. The molecule has 3 rings (SSSR count). The number of carbonyl (C=O) groups excluding carboxylic acids is 1. The number of hydrogen-bond donors (Lipinski definition) is 0. The maximum absolute atomic E-state index is 11.4. The summed E-state index contributed by atoms with van der Waals surface area (Å²) in [5, 5.41) is 0. The minimum absolute atomic E-state index is 0.363. The van der Waals surface area contributed by atoms with E-state index in [1.807, 2.05) is 0 Å². The molecule has 0 spiro atoms. The van der Waals surface area contributed by atoms with Crippen molar-refractivity contribution in [3.05, 3.63) is 0 Å². The van der Waals surface area contributed by atoms with E-state index < -0.39 is 0 Å². The van der Waals surface area contributed by atoms with E-state index in [9.17, 15) is 4.79 Å². The number of rotatable bonds is 1. The molecular weight excluding hydrogens is 188 g/mol. The molecule has 4 atom stereocenters. The molecule has 2 heteroatoms. The van der Waals surface area contributed by atoms with Gasteiger partial charge in [0.2, 0.25) is 0 Å². The summed E-state index contributed by atoms with van der Waals surface area (Å²) in [6.07, 6.45) is 11.3. The van der Waals surface area contributed by atoms with E-state index in [2.05, 4.69) is 0 Å². The Morgan fingerprint density at radius 2 is 1.87 bits per heavy atom. The Labute approximate surface area is 91.4 Å². The normalized spacial score (nSPS) is 49.5. The van der Waals surface area contributed by atoms with Gasteiger partial charge in [0.25, 0.3) is 0 Å². The summed E-state index contributed by atoms with van der Waals surface area (Å²) in [7, 11) is 0.